The number of nitrogens with zero attached hydrogens (tertiary/aromatic N) is 2. The SMILES string of the molecule is Cc1cccc(C)c1-c1cc(OC[C@@H](CC(C)(C)O)NC2CC3(CC3)C2)nc(NS(=O)(=O)c2cccc(C(=O)O)c2)n1. The molecule has 1 aromatic heterocycles. The lowest BCUT2D eigenvalue weighted by molar-refractivity contribution is 0.0429. The summed E-state index contributed by atoms with van der Waals surface area (Å²) < 4.78 is 35.1. The van der Waals surface area contributed by atoms with Crippen LogP contribution in [0.3, 0.4) is 0 Å². The van der Waals surface area contributed by atoms with Gasteiger partial charge in [0.15, 0.2) is 0 Å². The monoisotopic (exact) mass is 594 g/mol. The quantitative estimate of drug-likeness (QED) is 0.234. The third-order valence-corrected chi connectivity index (χ3v) is 9.35. The number of aromatic nitrogens is 2. The van der Waals surface area contributed by atoms with Crippen molar-refractivity contribution in [3.05, 3.63) is 65.2 Å². The highest BCUT2D eigenvalue weighted by Crippen LogP contribution is 2.60. The van der Waals surface area contributed by atoms with Gasteiger partial charge in [-0.15, -0.1) is 0 Å². The predicted molar refractivity (Wildman–Crippen MR) is 159 cm³/mol. The molecule has 1 heterocycles. The molecule has 10 nitrogen and oxygen atoms in total. The smallest absolute Gasteiger partial charge is 0.335 e. The maximum Gasteiger partial charge on any atom is 0.335 e. The van der Waals surface area contributed by atoms with Crippen LogP contribution in [0.5, 0.6) is 5.88 Å². The van der Waals surface area contributed by atoms with E-state index in [1.54, 1.807) is 19.9 Å². The van der Waals surface area contributed by atoms with Gasteiger partial charge in [-0.3, -0.25) is 0 Å². The number of carboxylic acids is 1. The standard InChI is InChI=1S/C31H38N4O6S/c1-19-7-5-8-20(2)27(19)25-14-26(41-18-23(15-30(3,4)38)32-22-16-31(17-22)11-12-31)34-29(33-25)35-42(39,40)24-10-6-9-21(13-24)28(36)37/h5-10,13-14,22-23,32,38H,11-12,15-18H2,1-4H3,(H,36,37)(H,33,34,35)/t23-/m1/s1. The average Bonchev–Trinajstić information content (AvgIpc) is 3.67. The molecule has 4 N–H and O–H groups in total. The fraction of sp³-hybridized carbons (Fsp3) is 0.452. The number of nitrogens with one attached hydrogen (secondary N) is 2. The fourth-order valence-electron chi connectivity index (χ4n) is 5.84. The largest absolute Gasteiger partial charge is 0.478 e. The molecule has 0 unspecified atom stereocenters. The summed E-state index contributed by atoms with van der Waals surface area (Å²) in [5.74, 6) is -1.26. The number of aliphatic hydroxyl groups is 1. The Balaban J connectivity index is 1.43. The normalized spacial score (nSPS) is 17.0. The number of carboxylic acid groups (broad SMARTS) is 1. The second-order valence-electron chi connectivity index (χ2n) is 12.4. The molecule has 2 aliphatic rings. The van der Waals surface area contributed by atoms with Crippen molar-refractivity contribution in [2.24, 2.45) is 5.41 Å². The third-order valence-electron chi connectivity index (χ3n) is 8.02. The number of hydrogen-bond acceptors (Lipinski definition) is 8. The van der Waals surface area contributed by atoms with Gasteiger partial charge in [-0.05, 0) is 94.5 Å². The first-order valence-electron chi connectivity index (χ1n) is 14.2. The average molecular weight is 595 g/mol. The number of carbonyl (C=O) groups is 1. The van der Waals surface area contributed by atoms with Crippen molar-refractivity contribution in [2.45, 2.75) is 82.4 Å². The van der Waals surface area contributed by atoms with Gasteiger partial charge >= 0.3 is 5.97 Å². The van der Waals surface area contributed by atoms with Crippen molar-refractivity contribution in [3.8, 4) is 17.1 Å². The summed E-state index contributed by atoms with van der Waals surface area (Å²) in [5, 5.41) is 23.5. The van der Waals surface area contributed by atoms with Crippen LogP contribution in [-0.2, 0) is 10.0 Å². The maximum absolute atomic E-state index is 13.2. The number of rotatable bonds is 12. The van der Waals surface area contributed by atoms with Gasteiger partial charge < -0.3 is 20.3 Å². The van der Waals surface area contributed by atoms with Crippen molar-refractivity contribution in [1.29, 1.82) is 0 Å². The molecule has 11 heteroatoms. The Hall–Kier alpha value is -3.54. The van der Waals surface area contributed by atoms with Gasteiger partial charge in [0, 0.05) is 23.7 Å². The zero-order valence-electron chi connectivity index (χ0n) is 24.3. The minimum atomic E-state index is -4.22. The highest BCUT2D eigenvalue weighted by Gasteiger charge is 2.53. The summed E-state index contributed by atoms with van der Waals surface area (Å²) in [5.41, 5.74) is 2.66. The maximum atomic E-state index is 13.2. The molecule has 0 aliphatic heterocycles. The van der Waals surface area contributed by atoms with Crippen LogP contribution in [0.4, 0.5) is 5.95 Å². The lowest BCUT2D eigenvalue weighted by Crippen LogP contribution is -2.51. The zero-order valence-corrected chi connectivity index (χ0v) is 25.2. The molecule has 1 atom stereocenters. The Kier molecular flexibility index (Phi) is 8.04. The van der Waals surface area contributed by atoms with Crippen molar-refractivity contribution in [3.63, 3.8) is 0 Å². The zero-order chi connectivity index (χ0) is 30.3. The summed E-state index contributed by atoms with van der Waals surface area (Å²) in [6, 6.07) is 12.8. The van der Waals surface area contributed by atoms with Crippen molar-refractivity contribution in [2.75, 3.05) is 11.3 Å². The van der Waals surface area contributed by atoms with E-state index in [0.717, 1.165) is 35.6 Å². The van der Waals surface area contributed by atoms with Crippen LogP contribution in [0, 0.1) is 19.3 Å². The molecular formula is C31H38N4O6S. The van der Waals surface area contributed by atoms with Gasteiger partial charge in [0.2, 0.25) is 11.8 Å². The van der Waals surface area contributed by atoms with Crippen LogP contribution in [0.1, 0.15) is 67.4 Å². The van der Waals surface area contributed by atoms with E-state index >= 15 is 0 Å². The van der Waals surface area contributed by atoms with Gasteiger partial charge in [-0.2, -0.15) is 4.98 Å². The summed E-state index contributed by atoms with van der Waals surface area (Å²) in [7, 11) is -4.22. The molecule has 0 radical (unpaired) electrons. The Labute approximate surface area is 246 Å². The van der Waals surface area contributed by atoms with Gasteiger partial charge in [-0.1, -0.05) is 24.3 Å². The van der Waals surface area contributed by atoms with E-state index < -0.39 is 21.6 Å². The molecule has 42 heavy (non-hydrogen) atoms. The van der Waals surface area contributed by atoms with Crippen LogP contribution in [0.25, 0.3) is 11.3 Å². The number of hydrogen-bond donors (Lipinski definition) is 4. The number of anilines is 1. The van der Waals surface area contributed by atoms with Crippen LogP contribution in [0.2, 0.25) is 0 Å². The lowest BCUT2D eigenvalue weighted by atomic mass is 9.76. The minimum Gasteiger partial charge on any atom is -0.478 e. The molecule has 0 amide bonds. The van der Waals surface area contributed by atoms with Crippen LogP contribution in [0.15, 0.2) is 53.4 Å². The van der Waals surface area contributed by atoms with Crippen LogP contribution >= 0.6 is 0 Å². The van der Waals surface area contributed by atoms with E-state index in [9.17, 15) is 23.4 Å². The van der Waals surface area contributed by atoms with Gasteiger partial charge in [0.25, 0.3) is 10.0 Å². The Morgan fingerprint density at radius 3 is 2.38 bits per heavy atom. The van der Waals surface area contributed by atoms with Crippen LogP contribution < -0.4 is 14.8 Å². The van der Waals surface area contributed by atoms with E-state index in [1.165, 1.54) is 31.0 Å². The number of sulfonamides is 1. The summed E-state index contributed by atoms with van der Waals surface area (Å²) in [6.45, 7) is 7.63. The van der Waals surface area contributed by atoms with Crippen LogP contribution in [-0.4, -0.2) is 58.9 Å². The molecule has 2 aliphatic carbocycles. The van der Waals surface area contributed by atoms with E-state index in [1.807, 2.05) is 32.0 Å². The van der Waals surface area contributed by atoms with E-state index in [4.69, 9.17) is 4.74 Å². The first-order valence-corrected chi connectivity index (χ1v) is 15.6. The molecule has 1 spiro atoms. The van der Waals surface area contributed by atoms with Crippen molar-refractivity contribution < 1.29 is 28.2 Å². The predicted octanol–water partition coefficient (Wildman–Crippen LogP) is 4.70. The highest BCUT2D eigenvalue weighted by atomic mass is 32.2. The number of aromatic carboxylic acids is 1. The number of benzene rings is 2. The van der Waals surface area contributed by atoms with Gasteiger partial charge in [-0.25, -0.2) is 22.9 Å². The lowest BCUT2D eigenvalue weighted by Gasteiger charge is -2.40. The molecule has 2 saturated carbocycles. The molecule has 3 aromatic rings. The minimum absolute atomic E-state index is 0.149. The number of ether oxygens (including phenoxy) is 1. The van der Waals surface area contributed by atoms with E-state index in [2.05, 4.69) is 20.0 Å². The summed E-state index contributed by atoms with van der Waals surface area (Å²) in [4.78, 5) is 20.1. The summed E-state index contributed by atoms with van der Waals surface area (Å²) >= 11 is 0. The third kappa shape index (κ3) is 7.08. The molecule has 2 aromatic carbocycles. The van der Waals surface area contributed by atoms with Crippen molar-refractivity contribution in [1.82, 2.24) is 15.3 Å². The van der Waals surface area contributed by atoms with Crippen molar-refractivity contribution >= 4 is 21.9 Å². The Morgan fingerprint density at radius 1 is 1.10 bits per heavy atom. The van der Waals surface area contributed by atoms with Gasteiger partial charge in [0.1, 0.15) is 6.61 Å². The second kappa shape index (κ2) is 11.3. The molecule has 2 fully saturated rings. The Morgan fingerprint density at radius 2 is 1.76 bits per heavy atom. The molecule has 0 bridgehead atoms. The van der Waals surface area contributed by atoms with Gasteiger partial charge in [0.05, 0.1) is 21.8 Å². The fourth-order valence-corrected chi connectivity index (χ4v) is 6.83. The summed E-state index contributed by atoms with van der Waals surface area (Å²) in [6.07, 6.45) is 5.31. The Bertz CT molecular complexity index is 1570. The molecule has 5 rings (SSSR count). The highest BCUT2D eigenvalue weighted by molar-refractivity contribution is 7.92. The molecule has 224 valence electrons. The molecule has 0 saturated heterocycles. The van der Waals surface area contributed by atoms with E-state index in [-0.39, 0.29) is 34.9 Å². The second-order valence-corrected chi connectivity index (χ2v) is 14.1. The topological polar surface area (TPSA) is 151 Å². The first kappa shape index (κ1) is 29.9. The van der Waals surface area contributed by atoms with E-state index in [0.29, 0.717) is 23.6 Å². The molecular weight excluding hydrogens is 556 g/mol. The first-order chi connectivity index (χ1) is 19.7. The number of aryl methyl sites for hydroxylation is 2.